The lowest BCUT2D eigenvalue weighted by molar-refractivity contribution is -0.122. The van der Waals surface area contributed by atoms with Crippen LogP contribution in [0.15, 0.2) is 23.1 Å². The quantitative estimate of drug-likeness (QED) is 0.910. The van der Waals surface area contributed by atoms with Gasteiger partial charge in [-0.1, -0.05) is 0 Å². The van der Waals surface area contributed by atoms with Crippen LogP contribution in [0.3, 0.4) is 0 Å². The molecule has 21 heavy (non-hydrogen) atoms. The van der Waals surface area contributed by atoms with E-state index in [1.54, 1.807) is 6.20 Å². The summed E-state index contributed by atoms with van der Waals surface area (Å²) in [6.07, 6.45) is 5.72. The van der Waals surface area contributed by atoms with Crippen LogP contribution >= 0.6 is 0 Å². The number of aromatic nitrogens is 2. The number of amides is 1. The van der Waals surface area contributed by atoms with Crippen molar-refractivity contribution in [2.75, 3.05) is 19.6 Å². The number of fused-ring (bicyclic) bond motifs is 4. The summed E-state index contributed by atoms with van der Waals surface area (Å²) in [5, 5.41) is 3.18. The molecule has 0 aliphatic carbocycles. The lowest BCUT2D eigenvalue weighted by Gasteiger charge is -2.44. The fourth-order valence-corrected chi connectivity index (χ4v) is 3.45. The number of rotatable bonds is 3. The predicted molar refractivity (Wildman–Crippen MR) is 76.6 cm³/mol. The van der Waals surface area contributed by atoms with Gasteiger partial charge in [-0.3, -0.25) is 9.78 Å². The maximum Gasteiger partial charge on any atom is 0.226 e. The Hall–Kier alpha value is -1.95. The van der Waals surface area contributed by atoms with Gasteiger partial charge in [0.05, 0.1) is 18.3 Å². The van der Waals surface area contributed by atoms with Gasteiger partial charge in [-0.2, -0.15) is 0 Å². The third-order valence-electron chi connectivity index (χ3n) is 4.62. The van der Waals surface area contributed by atoms with Crippen molar-refractivity contribution in [3.05, 3.63) is 24.4 Å². The number of carbonyl (C=O) groups excluding carboxylic acids is 1. The Balaban J connectivity index is 1.41. The number of hydrogen-bond acceptors (Lipinski definition) is 5. The van der Waals surface area contributed by atoms with Crippen LogP contribution in [0.1, 0.15) is 18.5 Å². The molecule has 110 valence electrons. The summed E-state index contributed by atoms with van der Waals surface area (Å²) < 4.78 is 5.15. The standard InChI is InChI=1S/C15H18N4O2/c20-15(18-13-8-19-3-1-10(13)2-4-19)6-11-5-12-14(7-16-11)21-9-17-12/h5,7,9-10,13H,1-4,6,8H2,(H,18,20)/t13-/m0/s1. The first kappa shape index (κ1) is 12.8. The average molecular weight is 286 g/mol. The summed E-state index contributed by atoms with van der Waals surface area (Å²) in [5.74, 6) is 0.689. The van der Waals surface area contributed by atoms with E-state index in [9.17, 15) is 4.79 Å². The summed E-state index contributed by atoms with van der Waals surface area (Å²) in [6.45, 7) is 3.36. The minimum absolute atomic E-state index is 0.0455. The number of carbonyl (C=O) groups is 1. The van der Waals surface area contributed by atoms with Crippen molar-refractivity contribution >= 4 is 17.0 Å². The van der Waals surface area contributed by atoms with Crippen LogP contribution in [-0.4, -0.2) is 46.5 Å². The number of pyridine rings is 1. The molecule has 3 aliphatic heterocycles. The fraction of sp³-hybridized carbons (Fsp3) is 0.533. The van der Waals surface area contributed by atoms with Gasteiger partial charge in [-0.25, -0.2) is 4.98 Å². The fourth-order valence-electron chi connectivity index (χ4n) is 3.45. The van der Waals surface area contributed by atoms with Gasteiger partial charge in [0.1, 0.15) is 5.52 Å². The molecule has 3 saturated heterocycles. The number of nitrogens with zero attached hydrogens (tertiary/aromatic N) is 3. The van der Waals surface area contributed by atoms with Crippen LogP contribution in [0.25, 0.3) is 11.1 Å². The Labute approximate surface area is 122 Å². The highest BCUT2D eigenvalue weighted by atomic mass is 16.3. The van der Waals surface area contributed by atoms with Crippen LogP contribution in [-0.2, 0) is 11.2 Å². The molecule has 2 aromatic heterocycles. The molecule has 6 nitrogen and oxygen atoms in total. The molecule has 0 spiro atoms. The van der Waals surface area contributed by atoms with Crippen molar-refractivity contribution in [1.29, 1.82) is 0 Å². The van der Waals surface area contributed by atoms with Gasteiger partial charge in [-0.05, 0) is 37.9 Å². The largest absolute Gasteiger partial charge is 0.442 e. The Morgan fingerprint density at radius 3 is 3.00 bits per heavy atom. The molecule has 5 heterocycles. The highest BCUT2D eigenvalue weighted by Gasteiger charge is 2.34. The molecule has 6 heteroatoms. The molecule has 2 bridgehead atoms. The molecular formula is C15H18N4O2. The van der Waals surface area contributed by atoms with Crippen molar-refractivity contribution in [2.24, 2.45) is 5.92 Å². The maximum absolute atomic E-state index is 12.2. The van der Waals surface area contributed by atoms with Crippen LogP contribution in [0.5, 0.6) is 0 Å². The number of hydrogen-bond donors (Lipinski definition) is 1. The maximum atomic E-state index is 12.2. The second kappa shape index (κ2) is 5.11. The topological polar surface area (TPSA) is 71.3 Å². The second-order valence-electron chi connectivity index (χ2n) is 5.98. The minimum Gasteiger partial charge on any atom is -0.442 e. The molecule has 2 aromatic rings. The SMILES string of the molecule is O=C(Cc1cc2ncoc2cn1)N[C@H]1CN2CCC1CC2. The van der Waals surface area contributed by atoms with Gasteiger partial charge in [-0.15, -0.1) is 0 Å². The summed E-state index contributed by atoms with van der Waals surface area (Å²) in [4.78, 5) is 23.0. The molecule has 1 amide bonds. The third-order valence-corrected chi connectivity index (χ3v) is 4.62. The van der Waals surface area contributed by atoms with E-state index in [2.05, 4.69) is 20.2 Å². The molecule has 5 rings (SSSR count). The molecule has 0 aromatic carbocycles. The smallest absolute Gasteiger partial charge is 0.226 e. The monoisotopic (exact) mass is 286 g/mol. The first-order valence-corrected chi connectivity index (χ1v) is 7.48. The van der Waals surface area contributed by atoms with Crippen LogP contribution < -0.4 is 5.32 Å². The van der Waals surface area contributed by atoms with E-state index >= 15 is 0 Å². The zero-order valence-corrected chi connectivity index (χ0v) is 11.8. The van der Waals surface area contributed by atoms with E-state index in [1.807, 2.05) is 6.07 Å². The molecular weight excluding hydrogens is 268 g/mol. The van der Waals surface area contributed by atoms with Gasteiger partial charge >= 0.3 is 0 Å². The van der Waals surface area contributed by atoms with E-state index in [1.165, 1.54) is 32.3 Å². The second-order valence-corrected chi connectivity index (χ2v) is 5.98. The number of piperidine rings is 3. The van der Waals surface area contributed by atoms with Crippen molar-refractivity contribution in [1.82, 2.24) is 20.2 Å². The molecule has 1 atom stereocenters. The van der Waals surface area contributed by atoms with Crippen molar-refractivity contribution in [3.63, 3.8) is 0 Å². The Morgan fingerprint density at radius 2 is 2.24 bits per heavy atom. The molecule has 3 aliphatic rings. The molecule has 0 radical (unpaired) electrons. The van der Waals surface area contributed by atoms with Gasteiger partial charge < -0.3 is 14.6 Å². The normalized spacial score (nSPS) is 27.9. The summed E-state index contributed by atoms with van der Waals surface area (Å²) in [7, 11) is 0. The summed E-state index contributed by atoms with van der Waals surface area (Å²) >= 11 is 0. The predicted octanol–water partition coefficient (Wildman–Crippen LogP) is 0.976. The molecule has 0 unspecified atom stereocenters. The van der Waals surface area contributed by atoms with E-state index in [0.29, 0.717) is 24.0 Å². The molecule has 1 N–H and O–H groups in total. The van der Waals surface area contributed by atoms with Crippen LogP contribution in [0.2, 0.25) is 0 Å². The minimum atomic E-state index is 0.0455. The van der Waals surface area contributed by atoms with E-state index < -0.39 is 0 Å². The molecule has 3 fully saturated rings. The van der Waals surface area contributed by atoms with Gasteiger partial charge in [0.2, 0.25) is 5.91 Å². The lowest BCUT2D eigenvalue weighted by Crippen LogP contribution is -2.57. The Bertz CT molecular complexity index is 660. The third kappa shape index (κ3) is 2.51. The van der Waals surface area contributed by atoms with Crippen LogP contribution in [0.4, 0.5) is 0 Å². The van der Waals surface area contributed by atoms with E-state index in [-0.39, 0.29) is 5.91 Å². The summed E-state index contributed by atoms with van der Waals surface area (Å²) in [6, 6.07) is 2.12. The highest BCUT2D eigenvalue weighted by Crippen LogP contribution is 2.27. The van der Waals surface area contributed by atoms with Crippen molar-refractivity contribution < 1.29 is 9.21 Å². The zero-order valence-electron chi connectivity index (χ0n) is 11.8. The lowest BCUT2D eigenvalue weighted by atomic mass is 9.84. The number of nitrogens with one attached hydrogen (secondary N) is 1. The number of oxazole rings is 1. The first-order chi connectivity index (χ1) is 10.3. The van der Waals surface area contributed by atoms with E-state index in [4.69, 9.17) is 4.42 Å². The Kier molecular flexibility index (Phi) is 3.11. The summed E-state index contributed by atoms with van der Waals surface area (Å²) in [5.41, 5.74) is 2.13. The Morgan fingerprint density at radius 1 is 1.38 bits per heavy atom. The zero-order chi connectivity index (χ0) is 14.2. The highest BCUT2D eigenvalue weighted by molar-refractivity contribution is 5.80. The first-order valence-electron chi connectivity index (χ1n) is 7.48. The average Bonchev–Trinajstić information content (AvgIpc) is 2.96. The molecule has 0 saturated carbocycles. The van der Waals surface area contributed by atoms with E-state index in [0.717, 1.165) is 17.8 Å². The van der Waals surface area contributed by atoms with Crippen molar-refractivity contribution in [3.8, 4) is 0 Å². The van der Waals surface area contributed by atoms with Gasteiger partial charge in [0.25, 0.3) is 0 Å². The van der Waals surface area contributed by atoms with Gasteiger partial charge in [0, 0.05) is 12.6 Å². The van der Waals surface area contributed by atoms with Gasteiger partial charge in [0.15, 0.2) is 12.0 Å². The van der Waals surface area contributed by atoms with Crippen LogP contribution in [0, 0.1) is 5.92 Å². The van der Waals surface area contributed by atoms with Crippen molar-refractivity contribution in [2.45, 2.75) is 25.3 Å².